The molecule has 18 heavy (non-hydrogen) atoms. The minimum Gasteiger partial charge on any atom is -0.394 e. The van der Waals surface area contributed by atoms with E-state index in [-0.39, 0.29) is 25.2 Å². The summed E-state index contributed by atoms with van der Waals surface area (Å²) in [7, 11) is 0. The molecular formula is C11H16N2O5. The van der Waals surface area contributed by atoms with Gasteiger partial charge in [-0.15, -0.1) is 0 Å². The molecular weight excluding hydrogens is 240 g/mol. The normalized spacial score (nSPS) is 27.5. The Balaban J connectivity index is 2.59. The third-order valence-electron chi connectivity index (χ3n) is 2.38. The van der Waals surface area contributed by atoms with Crippen molar-refractivity contribution in [1.82, 2.24) is 5.32 Å². The number of rotatable bonds is 4. The van der Waals surface area contributed by atoms with Gasteiger partial charge in [-0.2, -0.15) is 0 Å². The number of primary amides is 1. The van der Waals surface area contributed by atoms with Crippen molar-refractivity contribution in [3.63, 3.8) is 0 Å². The van der Waals surface area contributed by atoms with Gasteiger partial charge in [0.25, 0.3) is 5.91 Å². The smallest absolute Gasteiger partial charge is 0.258 e. The Morgan fingerprint density at radius 1 is 1.56 bits per heavy atom. The molecule has 1 saturated heterocycles. The predicted octanol–water partition coefficient (Wildman–Crippen LogP) is -2.59. The second-order valence-electron chi connectivity index (χ2n) is 3.70. The highest BCUT2D eigenvalue weighted by Crippen LogP contribution is 2.18. The van der Waals surface area contributed by atoms with Crippen molar-refractivity contribution < 1.29 is 24.9 Å². The molecule has 1 rings (SSSR count). The third kappa shape index (κ3) is 4.01. The van der Waals surface area contributed by atoms with E-state index in [1.807, 2.05) is 0 Å². The first-order valence-corrected chi connectivity index (χ1v) is 5.38. The molecule has 0 bridgehead atoms. The first-order valence-electron chi connectivity index (χ1n) is 5.38. The zero-order valence-electron chi connectivity index (χ0n) is 9.67. The summed E-state index contributed by atoms with van der Waals surface area (Å²) in [6.45, 7) is -0.661. The average molecular weight is 256 g/mol. The van der Waals surface area contributed by atoms with Gasteiger partial charge in [-0.25, -0.2) is 0 Å². The van der Waals surface area contributed by atoms with E-state index in [4.69, 9.17) is 20.7 Å². The van der Waals surface area contributed by atoms with E-state index in [0.717, 1.165) is 0 Å². The number of hydrogen-bond donors (Lipinski definition) is 5. The first kappa shape index (κ1) is 14.5. The lowest BCUT2D eigenvalue weighted by atomic mass is 10.2. The number of amides is 1. The van der Waals surface area contributed by atoms with Gasteiger partial charge < -0.3 is 31.1 Å². The van der Waals surface area contributed by atoms with Crippen molar-refractivity contribution in [3.8, 4) is 11.8 Å². The molecule has 100 valence electrons. The molecule has 7 nitrogen and oxygen atoms in total. The summed E-state index contributed by atoms with van der Waals surface area (Å²) in [5, 5.41) is 29.6. The van der Waals surface area contributed by atoms with E-state index in [2.05, 4.69) is 17.2 Å². The maximum atomic E-state index is 11.0. The van der Waals surface area contributed by atoms with E-state index in [1.54, 1.807) is 0 Å². The van der Waals surface area contributed by atoms with Crippen LogP contribution < -0.4 is 11.1 Å². The van der Waals surface area contributed by atoms with Gasteiger partial charge in [-0.3, -0.25) is 4.79 Å². The Morgan fingerprint density at radius 3 is 2.78 bits per heavy atom. The highest BCUT2D eigenvalue weighted by Gasteiger charge is 2.32. The summed E-state index contributed by atoms with van der Waals surface area (Å²) in [6.07, 6.45) is -0.385. The number of nitrogens with two attached hydrogens (primary N) is 1. The minimum atomic E-state index is -0.763. The van der Waals surface area contributed by atoms with Crippen molar-refractivity contribution >= 4 is 5.91 Å². The molecule has 7 heteroatoms. The van der Waals surface area contributed by atoms with E-state index >= 15 is 0 Å². The number of aliphatic hydroxyl groups excluding tert-OH is 3. The van der Waals surface area contributed by atoms with Crippen LogP contribution in [0, 0.1) is 11.8 Å². The number of carbonyl (C=O) groups is 1. The fourth-order valence-electron chi connectivity index (χ4n) is 1.48. The van der Waals surface area contributed by atoms with E-state index in [0.29, 0.717) is 0 Å². The molecule has 1 aliphatic heterocycles. The van der Waals surface area contributed by atoms with Gasteiger partial charge in [-0.1, -0.05) is 11.8 Å². The minimum absolute atomic E-state index is 0.00501. The van der Waals surface area contributed by atoms with Crippen LogP contribution in [0.25, 0.3) is 0 Å². The van der Waals surface area contributed by atoms with Gasteiger partial charge in [-0.05, 0) is 0 Å². The van der Waals surface area contributed by atoms with Crippen molar-refractivity contribution in [2.24, 2.45) is 5.73 Å². The van der Waals surface area contributed by atoms with Crippen LogP contribution in [0.15, 0.2) is 11.8 Å². The number of hydrogen-bond acceptors (Lipinski definition) is 6. The number of carbonyl (C=O) groups excluding carboxylic acids is 1. The van der Waals surface area contributed by atoms with Crippen molar-refractivity contribution in [2.75, 3.05) is 13.2 Å². The molecule has 1 fully saturated rings. The van der Waals surface area contributed by atoms with Crippen LogP contribution in [0.5, 0.6) is 0 Å². The van der Waals surface area contributed by atoms with Crippen LogP contribution in [0.3, 0.4) is 0 Å². The Bertz CT molecular complexity index is 385. The van der Waals surface area contributed by atoms with Crippen LogP contribution in [-0.4, -0.2) is 52.9 Å². The lowest BCUT2D eigenvalue weighted by Gasteiger charge is -2.12. The number of ether oxygens (including phenoxy) is 1. The molecule has 0 spiro atoms. The van der Waals surface area contributed by atoms with Gasteiger partial charge in [0.2, 0.25) is 0 Å². The zero-order chi connectivity index (χ0) is 13.5. The Morgan fingerprint density at radius 2 is 2.28 bits per heavy atom. The predicted molar refractivity (Wildman–Crippen MR) is 61.6 cm³/mol. The molecule has 1 amide bonds. The van der Waals surface area contributed by atoms with Crippen LogP contribution >= 0.6 is 0 Å². The molecule has 6 N–H and O–H groups in total. The molecule has 0 aromatic rings. The van der Waals surface area contributed by atoms with Crippen LogP contribution in [-0.2, 0) is 9.53 Å². The quantitative estimate of drug-likeness (QED) is 0.278. The molecule has 1 heterocycles. The average Bonchev–Trinajstić information content (AvgIpc) is 2.69. The highest BCUT2D eigenvalue weighted by molar-refractivity contribution is 5.96. The Labute approximate surface area is 104 Å². The summed E-state index contributed by atoms with van der Waals surface area (Å²) < 4.78 is 5.25. The molecule has 0 radical (unpaired) electrons. The van der Waals surface area contributed by atoms with Crippen molar-refractivity contribution in [3.05, 3.63) is 11.8 Å². The summed E-state index contributed by atoms with van der Waals surface area (Å²) >= 11 is 0. The molecule has 0 aliphatic carbocycles. The highest BCUT2D eigenvalue weighted by atomic mass is 16.5. The third-order valence-corrected chi connectivity index (χ3v) is 2.38. The molecule has 0 aromatic heterocycles. The van der Waals surface area contributed by atoms with Crippen LogP contribution in [0.2, 0.25) is 0 Å². The SMILES string of the molecule is NC(=O)/C(C#CCO)=C\N[C@H]1CC(O)[C@@H](CO)O1. The van der Waals surface area contributed by atoms with Gasteiger partial charge in [0.05, 0.1) is 12.7 Å². The van der Waals surface area contributed by atoms with Crippen molar-refractivity contribution in [2.45, 2.75) is 24.9 Å². The molecule has 1 unspecified atom stereocenters. The van der Waals surface area contributed by atoms with Crippen molar-refractivity contribution in [1.29, 1.82) is 0 Å². The fourth-order valence-corrected chi connectivity index (χ4v) is 1.48. The maximum absolute atomic E-state index is 11.0. The van der Waals surface area contributed by atoms with Crippen LogP contribution in [0.4, 0.5) is 0 Å². The fraction of sp³-hybridized carbons (Fsp3) is 0.545. The van der Waals surface area contributed by atoms with Crippen LogP contribution in [0.1, 0.15) is 6.42 Å². The number of nitrogens with one attached hydrogen (secondary N) is 1. The first-order chi connectivity index (χ1) is 8.58. The summed E-state index contributed by atoms with van der Waals surface area (Å²) in [5.41, 5.74) is 5.08. The maximum Gasteiger partial charge on any atom is 0.258 e. The summed E-state index contributed by atoms with van der Waals surface area (Å²) in [5.74, 6) is 3.95. The number of aliphatic hydroxyl groups is 3. The van der Waals surface area contributed by atoms with E-state index in [9.17, 15) is 9.90 Å². The summed E-state index contributed by atoms with van der Waals surface area (Å²) in [4.78, 5) is 11.0. The standard InChI is InChI=1S/C11H16N2O5/c12-11(17)7(2-1-3-14)5-13-10-4-8(16)9(6-15)18-10/h5,8-10,13-16H,3-4,6H2,(H2,12,17)/b7-5-/t8?,9-,10-/m1/s1. The molecule has 0 aromatic carbocycles. The van der Waals surface area contributed by atoms with Gasteiger partial charge in [0, 0.05) is 12.6 Å². The van der Waals surface area contributed by atoms with Gasteiger partial charge in [0.1, 0.15) is 24.5 Å². The summed E-state index contributed by atoms with van der Waals surface area (Å²) in [6, 6.07) is 0. The Kier molecular flexibility index (Phi) is 5.61. The molecule has 3 atom stereocenters. The molecule has 1 aliphatic rings. The lowest BCUT2D eigenvalue weighted by Crippen LogP contribution is -2.27. The van der Waals surface area contributed by atoms with Gasteiger partial charge >= 0.3 is 0 Å². The topological polar surface area (TPSA) is 125 Å². The zero-order valence-corrected chi connectivity index (χ0v) is 9.67. The van der Waals surface area contributed by atoms with E-state index in [1.165, 1.54) is 6.20 Å². The lowest BCUT2D eigenvalue weighted by molar-refractivity contribution is -0.114. The van der Waals surface area contributed by atoms with E-state index < -0.39 is 24.3 Å². The Hall–Kier alpha value is -1.59. The monoisotopic (exact) mass is 256 g/mol. The van der Waals surface area contributed by atoms with Gasteiger partial charge in [0.15, 0.2) is 0 Å². The second kappa shape index (κ2) is 6.98. The molecule has 0 saturated carbocycles. The largest absolute Gasteiger partial charge is 0.394 e. The second-order valence-corrected chi connectivity index (χ2v) is 3.70.